The molecule has 5 heteroatoms. The first-order valence-electron chi connectivity index (χ1n) is 8.19. The highest BCUT2D eigenvalue weighted by atomic mass is 35.5. The number of hydrogen-bond donors (Lipinski definition) is 2. The number of hydrogen-bond acceptors (Lipinski definition) is 2. The van der Waals surface area contributed by atoms with Crippen molar-refractivity contribution in [2.24, 2.45) is 0 Å². The summed E-state index contributed by atoms with van der Waals surface area (Å²) in [6.07, 6.45) is 0. The highest BCUT2D eigenvalue weighted by Gasteiger charge is 2.32. The van der Waals surface area contributed by atoms with E-state index in [1.165, 1.54) is 4.90 Å². The predicted molar refractivity (Wildman–Crippen MR) is 95.5 cm³/mol. The number of aryl methyl sites for hydroxylation is 1. The molecule has 1 heterocycles. The molecule has 24 heavy (non-hydrogen) atoms. The third-order valence-corrected chi connectivity index (χ3v) is 4.78. The minimum absolute atomic E-state index is 0.0157. The summed E-state index contributed by atoms with van der Waals surface area (Å²) >= 11 is 6.17. The molecule has 0 aliphatic carbocycles. The van der Waals surface area contributed by atoms with Gasteiger partial charge in [0.15, 0.2) is 6.04 Å². The summed E-state index contributed by atoms with van der Waals surface area (Å²) in [6, 6.07) is 15.3. The Kier molecular flexibility index (Phi) is 5.51. The van der Waals surface area contributed by atoms with E-state index in [4.69, 9.17) is 16.3 Å². The van der Waals surface area contributed by atoms with E-state index >= 15 is 0 Å². The van der Waals surface area contributed by atoms with Crippen LogP contribution in [0.3, 0.4) is 0 Å². The van der Waals surface area contributed by atoms with Crippen molar-refractivity contribution in [3.05, 3.63) is 64.7 Å². The monoisotopic (exact) mass is 345 g/mol. The van der Waals surface area contributed by atoms with Crippen LogP contribution in [-0.2, 0) is 9.53 Å². The van der Waals surface area contributed by atoms with E-state index in [0.717, 1.165) is 29.9 Å². The van der Waals surface area contributed by atoms with E-state index in [-0.39, 0.29) is 11.9 Å². The van der Waals surface area contributed by atoms with Gasteiger partial charge in [-0.15, -0.1) is 0 Å². The van der Waals surface area contributed by atoms with Gasteiger partial charge in [-0.1, -0.05) is 48.0 Å². The molecular weight excluding hydrogens is 324 g/mol. The second-order valence-corrected chi connectivity index (χ2v) is 6.47. The van der Waals surface area contributed by atoms with Gasteiger partial charge in [0.2, 0.25) is 0 Å². The molecule has 0 saturated carbocycles. The van der Waals surface area contributed by atoms with Crippen LogP contribution in [0.25, 0.3) is 0 Å². The van der Waals surface area contributed by atoms with Crippen molar-refractivity contribution in [1.82, 2.24) is 0 Å². The van der Waals surface area contributed by atoms with Crippen molar-refractivity contribution < 1.29 is 14.4 Å². The quantitative estimate of drug-likeness (QED) is 0.892. The maximum Gasteiger partial charge on any atom is 0.287 e. The van der Waals surface area contributed by atoms with Gasteiger partial charge in [0.1, 0.15) is 13.1 Å². The maximum absolute atomic E-state index is 13.0. The molecule has 1 aliphatic heterocycles. The van der Waals surface area contributed by atoms with Crippen molar-refractivity contribution in [2.45, 2.75) is 13.0 Å². The minimum Gasteiger partial charge on any atom is -0.370 e. The molecule has 0 radical (unpaired) electrons. The second-order valence-electron chi connectivity index (χ2n) is 6.07. The molecule has 0 unspecified atom stereocenters. The molecular formula is C19H22ClN2O2+. The topological polar surface area (TPSA) is 42.8 Å². The van der Waals surface area contributed by atoms with Crippen LogP contribution in [0.2, 0.25) is 5.02 Å². The molecule has 4 nitrogen and oxygen atoms in total. The Bertz CT molecular complexity index is 700. The molecule has 1 saturated heterocycles. The van der Waals surface area contributed by atoms with Gasteiger partial charge >= 0.3 is 0 Å². The third kappa shape index (κ3) is 3.96. The lowest BCUT2D eigenvalue weighted by atomic mass is 10.0. The standard InChI is InChI=1S/C19H21ClN2O2/c1-14-7-8-16(13-17(14)20)21-19(23)18(15-5-3-2-4-6-15)22-9-11-24-12-10-22/h2-8,13,18H,9-12H2,1H3,(H,21,23)/p+1/t18-/m0/s1. The summed E-state index contributed by atoms with van der Waals surface area (Å²) in [5.74, 6) is -0.0157. The summed E-state index contributed by atoms with van der Waals surface area (Å²) < 4.78 is 5.44. The number of carbonyl (C=O) groups excluding carboxylic acids is 1. The van der Waals surface area contributed by atoms with Crippen LogP contribution >= 0.6 is 11.6 Å². The Balaban J connectivity index is 1.84. The summed E-state index contributed by atoms with van der Waals surface area (Å²) in [4.78, 5) is 14.2. The van der Waals surface area contributed by atoms with Crippen LogP contribution in [0, 0.1) is 6.92 Å². The molecule has 0 aromatic heterocycles. The number of morpholine rings is 1. The molecule has 2 aromatic carbocycles. The number of amides is 1. The number of carbonyl (C=O) groups is 1. The van der Waals surface area contributed by atoms with Crippen molar-refractivity contribution in [1.29, 1.82) is 0 Å². The summed E-state index contributed by atoms with van der Waals surface area (Å²) in [5.41, 5.74) is 2.74. The fourth-order valence-corrected chi connectivity index (χ4v) is 3.21. The normalized spacial score (nSPS) is 16.6. The Morgan fingerprint density at radius 1 is 1.17 bits per heavy atom. The van der Waals surface area contributed by atoms with Crippen LogP contribution in [0.1, 0.15) is 17.2 Å². The van der Waals surface area contributed by atoms with E-state index in [1.807, 2.05) is 49.4 Å². The predicted octanol–water partition coefficient (Wildman–Crippen LogP) is 2.24. The molecule has 1 atom stereocenters. The number of nitrogens with one attached hydrogen (secondary N) is 2. The largest absolute Gasteiger partial charge is 0.370 e. The van der Waals surface area contributed by atoms with Gasteiger partial charge in [0.25, 0.3) is 5.91 Å². The number of rotatable bonds is 4. The van der Waals surface area contributed by atoms with Crippen LogP contribution in [0.4, 0.5) is 5.69 Å². The zero-order chi connectivity index (χ0) is 16.9. The van der Waals surface area contributed by atoms with Crippen LogP contribution in [-0.4, -0.2) is 32.2 Å². The number of anilines is 1. The molecule has 2 N–H and O–H groups in total. The molecule has 1 amide bonds. The lowest BCUT2D eigenvalue weighted by Gasteiger charge is -2.30. The fraction of sp³-hybridized carbons (Fsp3) is 0.316. The zero-order valence-electron chi connectivity index (χ0n) is 13.7. The van der Waals surface area contributed by atoms with Gasteiger partial charge in [-0.3, -0.25) is 4.79 Å². The van der Waals surface area contributed by atoms with E-state index in [1.54, 1.807) is 6.07 Å². The molecule has 3 rings (SSSR count). The second kappa shape index (κ2) is 7.79. The van der Waals surface area contributed by atoms with Crippen molar-refractivity contribution in [3.63, 3.8) is 0 Å². The van der Waals surface area contributed by atoms with Gasteiger partial charge in [0.05, 0.1) is 13.2 Å². The molecule has 0 spiro atoms. The average Bonchev–Trinajstić information content (AvgIpc) is 2.60. The van der Waals surface area contributed by atoms with Crippen LogP contribution in [0.5, 0.6) is 0 Å². The van der Waals surface area contributed by atoms with Gasteiger partial charge in [-0.05, 0) is 24.6 Å². The number of benzene rings is 2. The van der Waals surface area contributed by atoms with E-state index in [9.17, 15) is 4.79 Å². The smallest absolute Gasteiger partial charge is 0.287 e. The maximum atomic E-state index is 13.0. The lowest BCUT2D eigenvalue weighted by Crippen LogP contribution is -3.15. The molecule has 126 valence electrons. The zero-order valence-corrected chi connectivity index (χ0v) is 14.5. The Labute approximate surface area is 147 Å². The molecule has 0 bridgehead atoms. The molecule has 1 aliphatic rings. The summed E-state index contributed by atoms with van der Waals surface area (Å²) in [5, 5.41) is 3.68. The van der Waals surface area contributed by atoms with E-state index < -0.39 is 0 Å². The Morgan fingerprint density at radius 3 is 2.54 bits per heavy atom. The van der Waals surface area contributed by atoms with Gasteiger partial charge < -0.3 is 15.0 Å². The highest BCUT2D eigenvalue weighted by molar-refractivity contribution is 6.31. The van der Waals surface area contributed by atoms with Crippen LogP contribution in [0.15, 0.2) is 48.5 Å². The average molecular weight is 346 g/mol. The lowest BCUT2D eigenvalue weighted by molar-refractivity contribution is -0.929. The molecule has 2 aromatic rings. The van der Waals surface area contributed by atoms with Crippen molar-refractivity contribution in [2.75, 3.05) is 31.6 Å². The minimum atomic E-state index is -0.254. The van der Waals surface area contributed by atoms with Gasteiger partial charge in [-0.2, -0.15) is 0 Å². The Morgan fingerprint density at radius 2 is 1.88 bits per heavy atom. The SMILES string of the molecule is Cc1ccc(NC(=O)[C@H](c2ccccc2)[NH+]2CCOCC2)cc1Cl. The van der Waals surface area contributed by atoms with Gasteiger partial charge in [-0.25, -0.2) is 0 Å². The van der Waals surface area contributed by atoms with E-state index in [2.05, 4.69) is 5.32 Å². The van der Waals surface area contributed by atoms with Crippen molar-refractivity contribution >= 4 is 23.2 Å². The fourth-order valence-electron chi connectivity index (χ4n) is 3.03. The summed E-state index contributed by atoms with van der Waals surface area (Å²) in [7, 11) is 0. The molecule has 1 fully saturated rings. The highest BCUT2D eigenvalue weighted by Crippen LogP contribution is 2.21. The van der Waals surface area contributed by atoms with Crippen LogP contribution < -0.4 is 10.2 Å². The number of halogens is 1. The summed E-state index contributed by atoms with van der Waals surface area (Å²) in [6.45, 7) is 4.95. The van der Waals surface area contributed by atoms with Crippen molar-refractivity contribution in [3.8, 4) is 0 Å². The number of quaternary nitrogens is 1. The number of ether oxygens (including phenoxy) is 1. The van der Waals surface area contributed by atoms with E-state index in [0.29, 0.717) is 18.2 Å². The first-order valence-corrected chi connectivity index (χ1v) is 8.57. The third-order valence-electron chi connectivity index (χ3n) is 4.38. The van der Waals surface area contributed by atoms with Gasteiger partial charge in [0, 0.05) is 16.3 Å². The Hall–Kier alpha value is -1.88. The first-order chi connectivity index (χ1) is 11.6. The first kappa shape index (κ1) is 17.0.